The molecule has 4 N–H and O–H groups in total. The van der Waals surface area contributed by atoms with Crippen LogP contribution in [0.3, 0.4) is 0 Å². The highest BCUT2D eigenvalue weighted by molar-refractivity contribution is 5.55. The molecule has 0 saturated carbocycles. The van der Waals surface area contributed by atoms with Gasteiger partial charge >= 0.3 is 0 Å². The molecule has 0 aliphatic rings. The Morgan fingerprint density at radius 3 is 2.33 bits per heavy atom. The van der Waals surface area contributed by atoms with Gasteiger partial charge in [-0.2, -0.15) is 0 Å². The summed E-state index contributed by atoms with van der Waals surface area (Å²) < 4.78 is 0. The molecular formula is C6H13N3. The first kappa shape index (κ1) is 8.17. The summed E-state index contributed by atoms with van der Waals surface area (Å²) in [6.45, 7) is 3.66. The third-order valence-electron chi connectivity index (χ3n) is 0.915. The van der Waals surface area contributed by atoms with Gasteiger partial charge in [0.15, 0.2) is 0 Å². The van der Waals surface area contributed by atoms with Gasteiger partial charge in [-0.3, -0.25) is 4.99 Å². The predicted molar refractivity (Wildman–Crippen MR) is 40.1 cm³/mol. The summed E-state index contributed by atoms with van der Waals surface area (Å²) in [6, 6.07) is -0.0776. The summed E-state index contributed by atoms with van der Waals surface area (Å²) >= 11 is 0. The molecule has 3 nitrogen and oxygen atoms in total. The van der Waals surface area contributed by atoms with E-state index in [0.29, 0.717) is 0 Å². The summed E-state index contributed by atoms with van der Waals surface area (Å²) in [5, 5.41) is 0. The normalized spacial score (nSPS) is 16.6. The summed E-state index contributed by atoms with van der Waals surface area (Å²) in [5.74, 6) is 0. The van der Waals surface area contributed by atoms with Crippen LogP contribution in [-0.4, -0.2) is 12.3 Å². The van der Waals surface area contributed by atoms with Gasteiger partial charge in [-0.15, -0.1) is 0 Å². The van der Waals surface area contributed by atoms with E-state index in [4.69, 9.17) is 11.5 Å². The average molecular weight is 127 g/mol. The van der Waals surface area contributed by atoms with Crippen LogP contribution in [0.25, 0.3) is 0 Å². The number of hydrogen-bond donors (Lipinski definition) is 2. The molecule has 0 aromatic rings. The Balaban J connectivity index is 4.01. The molecule has 0 aromatic carbocycles. The Hall–Kier alpha value is -0.830. The van der Waals surface area contributed by atoms with E-state index in [-0.39, 0.29) is 6.04 Å². The van der Waals surface area contributed by atoms with Gasteiger partial charge in [0.1, 0.15) is 0 Å². The Bertz CT molecular complexity index is 124. The number of nitrogens with zero attached hydrogens (tertiary/aromatic N) is 1. The lowest BCUT2D eigenvalue weighted by Crippen LogP contribution is -2.17. The Morgan fingerprint density at radius 1 is 1.67 bits per heavy atom. The first-order valence-electron chi connectivity index (χ1n) is 2.88. The lowest BCUT2D eigenvalue weighted by atomic mass is 10.3. The van der Waals surface area contributed by atoms with Gasteiger partial charge in [-0.05, 0) is 13.8 Å². The summed E-state index contributed by atoms with van der Waals surface area (Å²) in [4.78, 5) is 3.93. The Morgan fingerprint density at radius 2 is 2.22 bits per heavy atom. The van der Waals surface area contributed by atoms with Gasteiger partial charge in [-0.1, -0.05) is 0 Å². The quantitative estimate of drug-likeness (QED) is 0.521. The Labute approximate surface area is 55.4 Å². The molecule has 0 saturated heterocycles. The van der Waals surface area contributed by atoms with Crippen molar-refractivity contribution in [1.82, 2.24) is 0 Å². The highest BCUT2D eigenvalue weighted by Gasteiger charge is 1.96. The molecule has 0 spiro atoms. The van der Waals surface area contributed by atoms with E-state index >= 15 is 0 Å². The third kappa shape index (κ3) is 2.87. The summed E-state index contributed by atoms with van der Waals surface area (Å²) in [5.41, 5.74) is 11.4. The fourth-order valence-electron chi connectivity index (χ4n) is 0.461. The summed E-state index contributed by atoms with van der Waals surface area (Å²) in [6.07, 6.45) is 3.09. The van der Waals surface area contributed by atoms with Crippen molar-refractivity contribution in [2.24, 2.45) is 16.5 Å². The lowest BCUT2D eigenvalue weighted by Gasteiger charge is -2.02. The summed E-state index contributed by atoms with van der Waals surface area (Å²) in [7, 11) is 0. The maximum Gasteiger partial charge on any atom is 0.0718 e. The molecule has 0 radical (unpaired) electrons. The van der Waals surface area contributed by atoms with E-state index < -0.39 is 0 Å². The Kier molecular flexibility index (Phi) is 3.71. The van der Waals surface area contributed by atoms with Crippen LogP contribution in [-0.2, 0) is 0 Å². The van der Waals surface area contributed by atoms with Crippen LogP contribution in [0.4, 0.5) is 0 Å². The molecule has 0 fully saturated rings. The van der Waals surface area contributed by atoms with Crippen molar-refractivity contribution >= 4 is 6.21 Å². The van der Waals surface area contributed by atoms with Gasteiger partial charge in [0.25, 0.3) is 0 Å². The van der Waals surface area contributed by atoms with Gasteiger partial charge in [0.05, 0.1) is 5.70 Å². The van der Waals surface area contributed by atoms with Gasteiger partial charge in [0.2, 0.25) is 0 Å². The lowest BCUT2D eigenvalue weighted by molar-refractivity contribution is 0.844. The molecule has 0 aliphatic heterocycles. The molecule has 0 rings (SSSR count). The molecule has 3 heteroatoms. The molecule has 0 amide bonds. The van der Waals surface area contributed by atoms with Gasteiger partial charge in [0, 0.05) is 18.5 Å². The standard InChI is InChI=1S/C6H13N3/c1-3-9-6(4-7)5(2)8/h3-5H,7-8H2,1-2H3/b6-4-,9-3?. The van der Waals surface area contributed by atoms with Crippen LogP contribution in [0, 0.1) is 0 Å². The van der Waals surface area contributed by atoms with Crippen molar-refractivity contribution in [2.75, 3.05) is 0 Å². The molecular weight excluding hydrogens is 114 g/mol. The van der Waals surface area contributed by atoms with E-state index in [1.54, 1.807) is 6.21 Å². The zero-order valence-electron chi connectivity index (χ0n) is 5.83. The monoisotopic (exact) mass is 127 g/mol. The van der Waals surface area contributed by atoms with Crippen molar-refractivity contribution < 1.29 is 0 Å². The van der Waals surface area contributed by atoms with E-state index in [9.17, 15) is 0 Å². The molecule has 0 aromatic heterocycles. The van der Waals surface area contributed by atoms with Gasteiger partial charge < -0.3 is 11.5 Å². The van der Waals surface area contributed by atoms with Crippen molar-refractivity contribution in [2.45, 2.75) is 19.9 Å². The van der Waals surface area contributed by atoms with Crippen LogP contribution in [0.1, 0.15) is 13.8 Å². The minimum Gasteiger partial charge on any atom is -0.403 e. The number of rotatable bonds is 2. The second-order valence-electron chi connectivity index (χ2n) is 1.77. The van der Waals surface area contributed by atoms with Crippen LogP contribution in [0.5, 0.6) is 0 Å². The van der Waals surface area contributed by atoms with E-state index in [1.807, 2.05) is 13.8 Å². The molecule has 1 atom stereocenters. The molecule has 1 unspecified atom stereocenters. The van der Waals surface area contributed by atoms with Crippen LogP contribution in [0.15, 0.2) is 16.9 Å². The van der Waals surface area contributed by atoms with E-state index in [0.717, 1.165) is 5.70 Å². The zero-order valence-corrected chi connectivity index (χ0v) is 5.83. The van der Waals surface area contributed by atoms with Crippen molar-refractivity contribution in [3.8, 4) is 0 Å². The molecule has 0 bridgehead atoms. The van der Waals surface area contributed by atoms with Crippen LogP contribution >= 0.6 is 0 Å². The van der Waals surface area contributed by atoms with E-state index in [1.165, 1.54) is 6.20 Å². The fourth-order valence-corrected chi connectivity index (χ4v) is 0.461. The van der Waals surface area contributed by atoms with E-state index in [2.05, 4.69) is 4.99 Å². The highest BCUT2D eigenvalue weighted by Crippen LogP contribution is 1.96. The molecule has 0 aliphatic carbocycles. The SMILES string of the molecule is CC=N/C(=C\N)C(C)N. The molecule has 0 heterocycles. The first-order valence-corrected chi connectivity index (χ1v) is 2.88. The second kappa shape index (κ2) is 4.09. The number of aliphatic imine (C=N–C) groups is 1. The molecule has 52 valence electrons. The zero-order chi connectivity index (χ0) is 7.28. The topological polar surface area (TPSA) is 64.4 Å². The fraction of sp³-hybridized carbons (Fsp3) is 0.500. The van der Waals surface area contributed by atoms with Crippen LogP contribution in [0.2, 0.25) is 0 Å². The van der Waals surface area contributed by atoms with Crippen LogP contribution < -0.4 is 11.5 Å². The smallest absolute Gasteiger partial charge is 0.0718 e. The maximum atomic E-state index is 5.47. The second-order valence-corrected chi connectivity index (χ2v) is 1.77. The third-order valence-corrected chi connectivity index (χ3v) is 0.915. The largest absolute Gasteiger partial charge is 0.403 e. The minimum absolute atomic E-state index is 0.0776. The number of hydrogen-bond acceptors (Lipinski definition) is 3. The van der Waals surface area contributed by atoms with Crippen molar-refractivity contribution in [1.29, 1.82) is 0 Å². The predicted octanol–water partition coefficient (Wildman–Crippen LogP) is 0.224. The van der Waals surface area contributed by atoms with Gasteiger partial charge in [-0.25, -0.2) is 0 Å². The number of nitrogens with two attached hydrogens (primary N) is 2. The molecule has 9 heavy (non-hydrogen) atoms. The first-order chi connectivity index (χ1) is 4.22. The maximum absolute atomic E-state index is 5.47. The minimum atomic E-state index is -0.0776. The average Bonchev–Trinajstić information content (AvgIpc) is 1.82. The van der Waals surface area contributed by atoms with Crippen molar-refractivity contribution in [3.63, 3.8) is 0 Å². The van der Waals surface area contributed by atoms with Crippen molar-refractivity contribution in [3.05, 3.63) is 11.9 Å². The highest BCUT2D eigenvalue weighted by atomic mass is 14.8.